The molecule has 2 heterocycles. The predicted octanol–water partition coefficient (Wildman–Crippen LogP) is 1.88. The number of nitrogens with zero attached hydrogens (tertiary/aromatic N) is 3. The molecular formula is C11H18N4O2S. The van der Waals surface area contributed by atoms with E-state index in [1.54, 1.807) is 0 Å². The van der Waals surface area contributed by atoms with Crippen molar-refractivity contribution in [2.75, 3.05) is 31.6 Å². The van der Waals surface area contributed by atoms with Crippen molar-refractivity contribution in [3.63, 3.8) is 0 Å². The molecule has 0 unspecified atom stereocenters. The SMILES string of the molecule is CNCCC1CCN(c2ncc([N+](=O)[O-])s2)CC1. The van der Waals surface area contributed by atoms with Crippen molar-refractivity contribution < 1.29 is 4.92 Å². The molecule has 6 nitrogen and oxygen atoms in total. The Kier molecular flexibility index (Phi) is 4.48. The van der Waals surface area contributed by atoms with Gasteiger partial charge in [0.25, 0.3) is 0 Å². The molecule has 0 saturated carbocycles. The van der Waals surface area contributed by atoms with E-state index in [0.29, 0.717) is 0 Å². The lowest BCUT2D eigenvalue weighted by Crippen LogP contribution is -2.34. The van der Waals surface area contributed by atoms with Crippen molar-refractivity contribution in [2.24, 2.45) is 5.92 Å². The molecule has 0 radical (unpaired) electrons. The van der Waals surface area contributed by atoms with E-state index in [1.165, 1.54) is 24.0 Å². The Morgan fingerprint density at radius 1 is 1.61 bits per heavy atom. The second kappa shape index (κ2) is 6.10. The van der Waals surface area contributed by atoms with Gasteiger partial charge in [-0.25, -0.2) is 4.98 Å². The topological polar surface area (TPSA) is 71.3 Å². The minimum absolute atomic E-state index is 0.127. The lowest BCUT2D eigenvalue weighted by molar-refractivity contribution is -0.380. The average Bonchev–Trinajstić information content (AvgIpc) is 2.87. The third-order valence-corrected chi connectivity index (χ3v) is 4.36. The summed E-state index contributed by atoms with van der Waals surface area (Å²) in [6.45, 7) is 2.98. The maximum atomic E-state index is 10.6. The third kappa shape index (κ3) is 3.17. The second-order valence-electron chi connectivity index (χ2n) is 4.56. The van der Waals surface area contributed by atoms with Crippen LogP contribution in [-0.2, 0) is 0 Å². The highest BCUT2D eigenvalue weighted by atomic mass is 32.1. The van der Waals surface area contributed by atoms with Crippen LogP contribution < -0.4 is 10.2 Å². The van der Waals surface area contributed by atoms with Gasteiger partial charge >= 0.3 is 5.00 Å². The van der Waals surface area contributed by atoms with E-state index in [-0.39, 0.29) is 9.92 Å². The highest BCUT2D eigenvalue weighted by Crippen LogP contribution is 2.31. The first-order chi connectivity index (χ1) is 8.70. The van der Waals surface area contributed by atoms with E-state index in [0.717, 1.165) is 43.5 Å². The van der Waals surface area contributed by atoms with Gasteiger partial charge in [-0.3, -0.25) is 10.1 Å². The molecule has 1 aromatic heterocycles. The lowest BCUT2D eigenvalue weighted by Gasteiger charge is -2.31. The molecule has 1 aliphatic rings. The molecule has 1 aliphatic heterocycles. The van der Waals surface area contributed by atoms with Crippen molar-refractivity contribution in [3.05, 3.63) is 16.3 Å². The zero-order valence-corrected chi connectivity index (χ0v) is 11.3. The van der Waals surface area contributed by atoms with Crippen LogP contribution in [0, 0.1) is 16.0 Å². The number of rotatable bonds is 5. The summed E-state index contributed by atoms with van der Waals surface area (Å²) < 4.78 is 0. The third-order valence-electron chi connectivity index (χ3n) is 3.35. The number of hydrogen-bond donors (Lipinski definition) is 1. The maximum Gasteiger partial charge on any atom is 0.345 e. The summed E-state index contributed by atoms with van der Waals surface area (Å²) >= 11 is 1.17. The van der Waals surface area contributed by atoms with E-state index < -0.39 is 0 Å². The Labute approximate surface area is 110 Å². The standard InChI is InChI=1S/C11H18N4O2S/c1-12-5-2-9-3-6-14(7-4-9)11-13-8-10(18-11)15(16)17/h8-9,12H,2-7H2,1H3. The van der Waals surface area contributed by atoms with Crippen LogP contribution in [0.4, 0.5) is 10.1 Å². The van der Waals surface area contributed by atoms with Gasteiger partial charge in [0.05, 0.1) is 4.92 Å². The second-order valence-corrected chi connectivity index (χ2v) is 5.55. The van der Waals surface area contributed by atoms with Gasteiger partial charge in [0.2, 0.25) is 0 Å². The summed E-state index contributed by atoms with van der Waals surface area (Å²) in [5, 5.41) is 14.7. The van der Waals surface area contributed by atoms with Gasteiger partial charge in [-0.15, -0.1) is 0 Å². The molecule has 0 spiro atoms. The lowest BCUT2D eigenvalue weighted by atomic mass is 9.94. The molecule has 1 aromatic rings. The quantitative estimate of drug-likeness (QED) is 0.653. The maximum absolute atomic E-state index is 10.6. The summed E-state index contributed by atoms with van der Waals surface area (Å²) in [6, 6.07) is 0. The molecule has 0 aromatic carbocycles. The van der Waals surface area contributed by atoms with E-state index in [2.05, 4.69) is 15.2 Å². The Morgan fingerprint density at radius 2 is 2.33 bits per heavy atom. The van der Waals surface area contributed by atoms with Crippen LogP contribution in [0.5, 0.6) is 0 Å². The van der Waals surface area contributed by atoms with Crippen molar-refractivity contribution >= 4 is 21.5 Å². The molecule has 0 atom stereocenters. The average molecular weight is 270 g/mol. The number of hydrogen-bond acceptors (Lipinski definition) is 6. The molecule has 0 amide bonds. The number of nitro groups is 1. The van der Waals surface area contributed by atoms with Gasteiger partial charge in [-0.2, -0.15) is 0 Å². The van der Waals surface area contributed by atoms with Crippen LogP contribution >= 0.6 is 11.3 Å². The number of piperidine rings is 1. The Hall–Kier alpha value is -1.21. The van der Waals surface area contributed by atoms with Gasteiger partial charge in [0.1, 0.15) is 6.20 Å². The highest BCUT2D eigenvalue weighted by Gasteiger charge is 2.22. The fraction of sp³-hybridized carbons (Fsp3) is 0.727. The molecule has 18 heavy (non-hydrogen) atoms. The predicted molar refractivity (Wildman–Crippen MR) is 72.2 cm³/mol. The first-order valence-electron chi connectivity index (χ1n) is 6.20. The summed E-state index contributed by atoms with van der Waals surface area (Å²) in [5.74, 6) is 0.767. The molecule has 2 rings (SSSR count). The Bertz CT molecular complexity index is 402. The van der Waals surface area contributed by atoms with Crippen LogP contribution in [0.25, 0.3) is 0 Å². The summed E-state index contributed by atoms with van der Waals surface area (Å²) in [4.78, 5) is 16.5. The number of aromatic nitrogens is 1. The normalized spacial score (nSPS) is 17.1. The minimum Gasteiger partial charge on any atom is -0.348 e. The van der Waals surface area contributed by atoms with Crippen molar-refractivity contribution in [1.82, 2.24) is 10.3 Å². The van der Waals surface area contributed by atoms with E-state index in [9.17, 15) is 10.1 Å². The summed E-state index contributed by atoms with van der Waals surface area (Å²) in [7, 11) is 1.98. The van der Waals surface area contributed by atoms with Crippen molar-refractivity contribution in [3.8, 4) is 0 Å². The fourth-order valence-corrected chi connectivity index (χ4v) is 3.03. The van der Waals surface area contributed by atoms with Crippen LogP contribution in [0.1, 0.15) is 19.3 Å². The molecule has 0 aliphatic carbocycles. The smallest absolute Gasteiger partial charge is 0.345 e. The van der Waals surface area contributed by atoms with Gasteiger partial charge in [-0.05, 0) is 50.1 Å². The number of anilines is 1. The van der Waals surface area contributed by atoms with Crippen LogP contribution in [0.3, 0.4) is 0 Å². The molecule has 7 heteroatoms. The molecule has 1 N–H and O–H groups in total. The highest BCUT2D eigenvalue weighted by molar-refractivity contribution is 7.18. The van der Waals surface area contributed by atoms with Crippen LogP contribution in [-0.4, -0.2) is 36.6 Å². The molecule has 100 valence electrons. The molecule has 0 bridgehead atoms. The van der Waals surface area contributed by atoms with E-state index >= 15 is 0 Å². The Morgan fingerprint density at radius 3 is 2.89 bits per heavy atom. The summed E-state index contributed by atoms with van der Waals surface area (Å²) in [5.41, 5.74) is 0. The van der Waals surface area contributed by atoms with Gasteiger partial charge < -0.3 is 10.2 Å². The van der Waals surface area contributed by atoms with Gasteiger partial charge in [0.15, 0.2) is 5.13 Å². The van der Waals surface area contributed by atoms with Crippen molar-refractivity contribution in [1.29, 1.82) is 0 Å². The monoisotopic (exact) mass is 270 g/mol. The van der Waals surface area contributed by atoms with Gasteiger partial charge in [-0.1, -0.05) is 0 Å². The Balaban J connectivity index is 1.86. The molecular weight excluding hydrogens is 252 g/mol. The largest absolute Gasteiger partial charge is 0.348 e. The van der Waals surface area contributed by atoms with E-state index in [4.69, 9.17) is 0 Å². The van der Waals surface area contributed by atoms with Gasteiger partial charge in [0, 0.05) is 13.1 Å². The number of thiazole rings is 1. The van der Waals surface area contributed by atoms with E-state index in [1.807, 2.05) is 7.05 Å². The number of nitrogens with one attached hydrogen (secondary N) is 1. The molecule has 1 saturated heterocycles. The first-order valence-corrected chi connectivity index (χ1v) is 7.02. The van der Waals surface area contributed by atoms with Crippen molar-refractivity contribution in [2.45, 2.75) is 19.3 Å². The zero-order chi connectivity index (χ0) is 13.0. The summed E-state index contributed by atoms with van der Waals surface area (Å²) in [6.07, 6.45) is 4.86. The zero-order valence-electron chi connectivity index (χ0n) is 10.5. The molecule has 1 fully saturated rings. The van der Waals surface area contributed by atoms with Crippen LogP contribution in [0.15, 0.2) is 6.20 Å². The van der Waals surface area contributed by atoms with Crippen LogP contribution in [0.2, 0.25) is 0 Å². The first kappa shape index (κ1) is 13.2. The minimum atomic E-state index is -0.374. The fourth-order valence-electron chi connectivity index (χ4n) is 2.25.